The first-order valence-corrected chi connectivity index (χ1v) is 7.60. The largest absolute Gasteiger partial charge is 0.314 e. The van der Waals surface area contributed by atoms with Gasteiger partial charge in [-0.1, -0.05) is 43.1 Å². The third kappa shape index (κ3) is 6.09. The van der Waals surface area contributed by atoms with Crippen molar-refractivity contribution in [3.05, 3.63) is 28.0 Å². The van der Waals surface area contributed by atoms with Gasteiger partial charge in [-0.2, -0.15) is 0 Å². The smallest absolute Gasteiger partial charge is 0.135 e. The number of aromatic nitrogens is 1. The minimum absolute atomic E-state index is 0. The minimum Gasteiger partial charge on any atom is -0.314 e. The molecule has 1 aromatic rings. The number of hydrogen-bond acceptors (Lipinski definition) is 3. The van der Waals surface area contributed by atoms with Gasteiger partial charge in [0.15, 0.2) is 0 Å². The molecule has 1 aliphatic heterocycles. The zero-order valence-electron chi connectivity index (χ0n) is 12.3. The van der Waals surface area contributed by atoms with Crippen LogP contribution in [-0.2, 0) is 0 Å². The Morgan fingerprint density at radius 3 is 2.33 bits per heavy atom. The van der Waals surface area contributed by atoms with Crippen LogP contribution in [0, 0.1) is 5.92 Å². The topological polar surface area (TPSA) is 28.2 Å². The second-order valence-electron chi connectivity index (χ2n) is 5.45. The molecule has 2 rings (SSSR count). The van der Waals surface area contributed by atoms with Crippen molar-refractivity contribution >= 4 is 48.0 Å². The Bertz CT molecular complexity index is 423. The van der Waals surface area contributed by atoms with E-state index in [2.05, 4.69) is 29.0 Å². The Balaban J connectivity index is 0.00000200. The Morgan fingerprint density at radius 2 is 1.81 bits per heavy atom. The van der Waals surface area contributed by atoms with Crippen molar-refractivity contribution in [3.63, 3.8) is 0 Å². The van der Waals surface area contributed by atoms with E-state index in [4.69, 9.17) is 23.2 Å². The first-order valence-electron chi connectivity index (χ1n) is 6.84. The molecule has 0 radical (unpaired) electrons. The summed E-state index contributed by atoms with van der Waals surface area (Å²) >= 11 is 12.2. The molecule has 7 heteroatoms. The fourth-order valence-corrected chi connectivity index (χ4v) is 3.06. The van der Waals surface area contributed by atoms with Crippen LogP contribution < -0.4 is 5.32 Å². The van der Waals surface area contributed by atoms with Gasteiger partial charge in [-0.15, -0.1) is 24.8 Å². The predicted octanol–water partition coefficient (Wildman–Crippen LogP) is 4.22. The van der Waals surface area contributed by atoms with E-state index in [0.717, 1.165) is 38.2 Å². The van der Waals surface area contributed by atoms with Gasteiger partial charge in [-0.3, -0.25) is 4.90 Å². The van der Waals surface area contributed by atoms with Crippen LogP contribution in [0.1, 0.15) is 31.9 Å². The molecule has 21 heavy (non-hydrogen) atoms. The molecule has 1 saturated heterocycles. The Hall–Kier alpha value is 0.230. The number of rotatable bonds is 4. The lowest BCUT2D eigenvalue weighted by Gasteiger charge is -2.36. The van der Waals surface area contributed by atoms with E-state index in [9.17, 15) is 0 Å². The van der Waals surface area contributed by atoms with Gasteiger partial charge in [0.2, 0.25) is 0 Å². The predicted molar refractivity (Wildman–Crippen MR) is 95.4 cm³/mol. The summed E-state index contributed by atoms with van der Waals surface area (Å²) in [5.74, 6) is 0.617. The highest BCUT2D eigenvalue weighted by atomic mass is 35.5. The van der Waals surface area contributed by atoms with Crippen molar-refractivity contribution in [2.45, 2.75) is 26.3 Å². The third-order valence-corrected chi connectivity index (χ3v) is 4.00. The molecule has 0 saturated carbocycles. The summed E-state index contributed by atoms with van der Waals surface area (Å²) in [6, 6.07) is 4.18. The molecule has 1 fully saturated rings. The molecule has 1 aromatic heterocycles. The molecule has 1 N–H and O–H groups in total. The highest BCUT2D eigenvalue weighted by Gasteiger charge is 2.25. The highest BCUT2D eigenvalue weighted by Crippen LogP contribution is 2.32. The fraction of sp³-hybridized carbons (Fsp3) is 0.643. The van der Waals surface area contributed by atoms with Crippen LogP contribution in [-0.4, -0.2) is 36.1 Å². The molecular formula is C14H23Cl4N3. The summed E-state index contributed by atoms with van der Waals surface area (Å²) in [7, 11) is 0. The van der Waals surface area contributed by atoms with Crippen LogP contribution >= 0.6 is 48.0 Å². The molecular weight excluding hydrogens is 352 g/mol. The fourth-order valence-electron chi connectivity index (χ4n) is 2.58. The van der Waals surface area contributed by atoms with Crippen LogP contribution in [0.5, 0.6) is 0 Å². The minimum atomic E-state index is 0. The maximum Gasteiger partial charge on any atom is 0.135 e. The van der Waals surface area contributed by atoms with E-state index in [1.54, 1.807) is 0 Å². The summed E-state index contributed by atoms with van der Waals surface area (Å²) in [6.07, 6.45) is 1.09. The van der Waals surface area contributed by atoms with Crippen molar-refractivity contribution in [2.24, 2.45) is 5.92 Å². The summed E-state index contributed by atoms with van der Waals surface area (Å²) in [5.41, 5.74) is 1.10. The van der Waals surface area contributed by atoms with Gasteiger partial charge in [-0.05, 0) is 18.4 Å². The van der Waals surface area contributed by atoms with Crippen molar-refractivity contribution in [1.29, 1.82) is 0 Å². The monoisotopic (exact) mass is 373 g/mol. The Morgan fingerprint density at radius 1 is 1.19 bits per heavy atom. The summed E-state index contributed by atoms with van der Waals surface area (Å²) in [5, 5.41) is 4.38. The molecule has 0 amide bonds. The number of pyridine rings is 1. The van der Waals surface area contributed by atoms with Gasteiger partial charge in [0, 0.05) is 37.8 Å². The molecule has 1 atom stereocenters. The normalized spacial score (nSPS) is 17.0. The van der Waals surface area contributed by atoms with E-state index in [-0.39, 0.29) is 24.8 Å². The molecule has 122 valence electrons. The van der Waals surface area contributed by atoms with Crippen LogP contribution in [0.3, 0.4) is 0 Å². The van der Waals surface area contributed by atoms with E-state index < -0.39 is 0 Å². The zero-order chi connectivity index (χ0) is 13.8. The van der Waals surface area contributed by atoms with E-state index in [1.165, 1.54) is 0 Å². The van der Waals surface area contributed by atoms with Gasteiger partial charge >= 0.3 is 0 Å². The summed E-state index contributed by atoms with van der Waals surface area (Å²) in [4.78, 5) is 6.68. The molecule has 0 spiro atoms. The number of piperazine rings is 1. The average Bonchev–Trinajstić information content (AvgIpc) is 2.37. The van der Waals surface area contributed by atoms with Crippen LogP contribution in [0.2, 0.25) is 10.3 Å². The third-order valence-electron chi connectivity index (χ3n) is 3.49. The molecule has 0 aromatic carbocycles. The molecule has 0 aliphatic carbocycles. The van der Waals surface area contributed by atoms with Gasteiger partial charge in [0.05, 0.1) is 0 Å². The second-order valence-corrected chi connectivity index (χ2v) is 6.19. The van der Waals surface area contributed by atoms with Gasteiger partial charge < -0.3 is 5.32 Å². The highest BCUT2D eigenvalue weighted by molar-refractivity contribution is 6.32. The van der Waals surface area contributed by atoms with Gasteiger partial charge in [-0.25, -0.2) is 4.98 Å². The quantitative estimate of drug-likeness (QED) is 0.799. The maximum absolute atomic E-state index is 6.29. The molecule has 0 unspecified atom stereocenters. The zero-order valence-corrected chi connectivity index (χ0v) is 15.5. The van der Waals surface area contributed by atoms with Crippen LogP contribution in [0.15, 0.2) is 12.1 Å². The number of nitrogens with zero attached hydrogens (tertiary/aromatic N) is 2. The second kappa shape index (κ2) is 10.1. The van der Waals surface area contributed by atoms with Crippen molar-refractivity contribution in [2.75, 3.05) is 26.2 Å². The van der Waals surface area contributed by atoms with Gasteiger partial charge in [0.1, 0.15) is 10.3 Å². The van der Waals surface area contributed by atoms with Crippen LogP contribution in [0.4, 0.5) is 0 Å². The standard InChI is InChI=1S/C14H21Cl2N3.2ClH/c1-10(2)9-12(19-7-5-17-6-8-19)11-3-4-13(15)18-14(11)16;;/h3-4,10,12,17H,5-9H2,1-2H3;2*1H/t12-;;/m1../s1. The Labute approximate surface area is 149 Å². The van der Waals surface area contributed by atoms with Crippen LogP contribution in [0.25, 0.3) is 0 Å². The summed E-state index contributed by atoms with van der Waals surface area (Å²) in [6.45, 7) is 8.66. The SMILES string of the molecule is CC(C)C[C@H](c1ccc(Cl)nc1Cl)N1CCNCC1.Cl.Cl. The van der Waals surface area contributed by atoms with Gasteiger partial charge in [0.25, 0.3) is 0 Å². The maximum atomic E-state index is 6.29. The molecule has 2 heterocycles. The Kier molecular flexibility index (Phi) is 10.2. The molecule has 1 aliphatic rings. The molecule has 0 bridgehead atoms. The average molecular weight is 375 g/mol. The van der Waals surface area contributed by atoms with Crippen molar-refractivity contribution < 1.29 is 0 Å². The van der Waals surface area contributed by atoms with E-state index >= 15 is 0 Å². The number of halogens is 4. The van der Waals surface area contributed by atoms with E-state index in [0.29, 0.717) is 22.3 Å². The van der Waals surface area contributed by atoms with Crippen molar-refractivity contribution in [1.82, 2.24) is 15.2 Å². The summed E-state index contributed by atoms with van der Waals surface area (Å²) < 4.78 is 0. The lowest BCUT2D eigenvalue weighted by atomic mass is 9.96. The lowest BCUT2D eigenvalue weighted by Crippen LogP contribution is -2.45. The first kappa shape index (κ1) is 21.2. The van der Waals surface area contributed by atoms with Crippen molar-refractivity contribution in [3.8, 4) is 0 Å². The number of hydrogen-bond donors (Lipinski definition) is 1. The number of nitrogens with one attached hydrogen (secondary N) is 1. The molecule has 3 nitrogen and oxygen atoms in total. The first-order chi connectivity index (χ1) is 9.08. The lowest BCUT2D eigenvalue weighted by molar-refractivity contribution is 0.154. The van der Waals surface area contributed by atoms with E-state index in [1.807, 2.05) is 12.1 Å².